The lowest BCUT2D eigenvalue weighted by Gasteiger charge is -2.47. The van der Waals surface area contributed by atoms with Crippen LogP contribution in [0.5, 0.6) is 0 Å². The van der Waals surface area contributed by atoms with Crippen molar-refractivity contribution in [2.75, 3.05) is 12.4 Å². The Morgan fingerprint density at radius 1 is 1.40 bits per heavy atom. The third-order valence-electron chi connectivity index (χ3n) is 4.90. The monoisotopic (exact) mass is 274 g/mol. The van der Waals surface area contributed by atoms with E-state index in [4.69, 9.17) is 0 Å². The molecule has 2 fully saturated rings. The normalized spacial score (nSPS) is 30.2. The number of hydrogen-bond acceptors (Lipinski definition) is 3. The number of nitrogens with one attached hydrogen (secondary N) is 1. The van der Waals surface area contributed by atoms with Crippen LogP contribution in [-0.4, -0.2) is 39.6 Å². The minimum absolute atomic E-state index is 0.562. The molecule has 0 spiro atoms. The zero-order valence-electron chi connectivity index (χ0n) is 12.7. The van der Waals surface area contributed by atoms with Crippen LogP contribution in [0.4, 0.5) is 5.95 Å². The summed E-state index contributed by atoms with van der Waals surface area (Å²) >= 11 is 0. The Morgan fingerprint density at radius 3 is 2.75 bits per heavy atom. The molecule has 1 N–H and O–H groups in total. The van der Waals surface area contributed by atoms with E-state index in [1.807, 2.05) is 13.0 Å². The van der Waals surface area contributed by atoms with Gasteiger partial charge in [0.05, 0.1) is 5.69 Å². The predicted molar refractivity (Wildman–Crippen MR) is 83.0 cm³/mol. The average molecular weight is 274 g/mol. The Hall–Kier alpha value is -1.29. The molecule has 2 atom stereocenters. The molecule has 4 heteroatoms. The van der Waals surface area contributed by atoms with Gasteiger partial charge < -0.3 is 14.8 Å². The van der Waals surface area contributed by atoms with Crippen LogP contribution in [0.3, 0.4) is 0 Å². The quantitative estimate of drug-likeness (QED) is 0.857. The molecule has 0 amide bonds. The minimum Gasteiger partial charge on any atom is -0.353 e. The summed E-state index contributed by atoms with van der Waals surface area (Å²) in [4.78, 5) is 7.23. The second-order valence-electron chi connectivity index (χ2n) is 6.36. The van der Waals surface area contributed by atoms with E-state index in [9.17, 15) is 0 Å². The summed E-state index contributed by atoms with van der Waals surface area (Å²) in [6.07, 6.45) is 10.6. The topological polar surface area (TPSA) is 33.1 Å². The van der Waals surface area contributed by atoms with Gasteiger partial charge in [0.25, 0.3) is 0 Å². The summed E-state index contributed by atoms with van der Waals surface area (Å²) in [7, 11) is 2.30. The first-order chi connectivity index (χ1) is 9.67. The third kappa shape index (κ3) is 2.62. The highest BCUT2D eigenvalue weighted by Gasteiger charge is 2.36. The molecular formula is C16H26N4. The van der Waals surface area contributed by atoms with Crippen molar-refractivity contribution in [3.8, 4) is 0 Å². The summed E-state index contributed by atoms with van der Waals surface area (Å²) in [5.41, 5.74) is 1.07. The number of nitrogens with zero attached hydrogens (tertiary/aromatic N) is 3. The van der Waals surface area contributed by atoms with Gasteiger partial charge in [-0.2, -0.15) is 0 Å². The van der Waals surface area contributed by atoms with Crippen molar-refractivity contribution in [1.29, 1.82) is 0 Å². The van der Waals surface area contributed by atoms with Gasteiger partial charge in [-0.25, -0.2) is 4.98 Å². The van der Waals surface area contributed by atoms with Crippen molar-refractivity contribution >= 4 is 5.95 Å². The van der Waals surface area contributed by atoms with E-state index in [-0.39, 0.29) is 0 Å². The fourth-order valence-electron chi connectivity index (χ4n) is 3.86. The van der Waals surface area contributed by atoms with Gasteiger partial charge in [-0.1, -0.05) is 12.5 Å². The first-order valence-corrected chi connectivity index (χ1v) is 7.80. The van der Waals surface area contributed by atoms with Crippen LogP contribution in [0.2, 0.25) is 0 Å². The highest BCUT2D eigenvalue weighted by Crippen LogP contribution is 2.33. The molecule has 110 valence electrons. The number of hydrogen-bond donors (Lipinski definition) is 1. The maximum absolute atomic E-state index is 4.63. The van der Waals surface area contributed by atoms with Crippen LogP contribution in [0.1, 0.15) is 37.8 Å². The summed E-state index contributed by atoms with van der Waals surface area (Å²) in [5.74, 6) is 1.01. The Morgan fingerprint density at radius 2 is 2.10 bits per heavy atom. The number of allylic oxidation sites excluding steroid dienone is 1. The molecule has 0 aromatic carbocycles. The first kappa shape index (κ1) is 13.7. The maximum Gasteiger partial charge on any atom is 0.203 e. The van der Waals surface area contributed by atoms with Crippen LogP contribution >= 0.6 is 0 Å². The highest BCUT2D eigenvalue weighted by molar-refractivity contribution is 5.31. The van der Waals surface area contributed by atoms with Crippen LogP contribution in [-0.2, 0) is 6.54 Å². The summed E-state index contributed by atoms with van der Waals surface area (Å²) < 4.78 is 2.16. The molecule has 20 heavy (non-hydrogen) atoms. The van der Waals surface area contributed by atoms with E-state index in [0.717, 1.165) is 30.3 Å². The van der Waals surface area contributed by atoms with Gasteiger partial charge in [0.1, 0.15) is 0 Å². The standard InChI is InChI=1S/C16H26N4/c1-4-8-20-11-12(2)17-16(20)18-13-9-14-6-5-7-15(10-13)19(14)3/h4,11,13-15H,1,5-10H2,2-3H3,(H,17,18). The Labute approximate surface area is 121 Å². The molecule has 4 nitrogen and oxygen atoms in total. The number of piperidine rings is 2. The van der Waals surface area contributed by atoms with Crippen molar-refractivity contribution in [2.45, 2.75) is 63.7 Å². The molecule has 2 unspecified atom stereocenters. The van der Waals surface area contributed by atoms with Gasteiger partial charge in [0.2, 0.25) is 5.95 Å². The maximum atomic E-state index is 4.63. The van der Waals surface area contributed by atoms with Crippen molar-refractivity contribution in [2.24, 2.45) is 0 Å². The lowest BCUT2D eigenvalue weighted by Crippen LogP contribution is -2.53. The molecule has 2 saturated heterocycles. The van der Waals surface area contributed by atoms with Crippen LogP contribution < -0.4 is 5.32 Å². The predicted octanol–water partition coefficient (Wildman–Crippen LogP) is 2.80. The lowest BCUT2D eigenvalue weighted by atomic mass is 9.82. The van der Waals surface area contributed by atoms with E-state index < -0.39 is 0 Å². The summed E-state index contributed by atoms with van der Waals surface area (Å²) in [5, 5.41) is 3.68. The molecule has 1 aromatic heterocycles. The Balaban J connectivity index is 1.70. The van der Waals surface area contributed by atoms with Gasteiger partial charge in [-0.3, -0.25) is 0 Å². The van der Waals surface area contributed by atoms with E-state index in [0.29, 0.717) is 6.04 Å². The van der Waals surface area contributed by atoms with E-state index in [1.54, 1.807) is 0 Å². The number of anilines is 1. The lowest BCUT2D eigenvalue weighted by molar-refractivity contribution is 0.0606. The van der Waals surface area contributed by atoms with Gasteiger partial charge in [-0.05, 0) is 39.7 Å². The number of rotatable bonds is 4. The first-order valence-electron chi connectivity index (χ1n) is 7.80. The summed E-state index contributed by atoms with van der Waals surface area (Å²) in [6.45, 7) is 6.70. The van der Waals surface area contributed by atoms with Crippen LogP contribution in [0.15, 0.2) is 18.9 Å². The number of aryl methyl sites for hydroxylation is 1. The van der Waals surface area contributed by atoms with Gasteiger partial charge in [-0.15, -0.1) is 6.58 Å². The van der Waals surface area contributed by atoms with Crippen LogP contribution in [0, 0.1) is 6.92 Å². The number of imidazole rings is 1. The van der Waals surface area contributed by atoms with Crippen LogP contribution in [0.25, 0.3) is 0 Å². The summed E-state index contributed by atoms with van der Waals surface area (Å²) in [6, 6.07) is 2.07. The average Bonchev–Trinajstić information content (AvgIpc) is 2.71. The van der Waals surface area contributed by atoms with Gasteiger partial charge in [0, 0.05) is 30.9 Å². The highest BCUT2D eigenvalue weighted by atomic mass is 15.2. The molecule has 1 aromatic rings. The smallest absolute Gasteiger partial charge is 0.203 e. The molecule has 2 aliphatic rings. The van der Waals surface area contributed by atoms with Crippen molar-refractivity contribution in [1.82, 2.24) is 14.5 Å². The van der Waals surface area contributed by atoms with Crippen molar-refractivity contribution < 1.29 is 0 Å². The number of aromatic nitrogens is 2. The van der Waals surface area contributed by atoms with E-state index in [1.165, 1.54) is 32.1 Å². The second-order valence-corrected chi connectivity index (χ2v) is 6.36. The Bertz CT molecular complexity index is 465. The second kappa shape index (κ2) is 5.60. The number of fused-ring (bicyclic) bond motifs is 2. The molecule has 0 aliphatic carbocycles. The molecule has 3 heterocycles. The molecule has 3 rings (SSSR count). The zero-order valence-corrected chi connectivity index (χ0v) is 12.7. The van der Waals surface area contributed by atoms with Gasteiger partial charge in [0.15, 0.2) is 0 Å². The van der Waals surface area contributed by atoms with Crippen molar-refractivity contribution in [3.05, 3.63) is 24.5 Å². The molecule has 2 bridgehead atoms. The van der Waals surface area contributed by atoms with Gasteiger partial charge >= 0.3 is 0 Å². The third-order valence-corrected chi connectivity index (χ3v) is 4.90. The van der Waals surface area contributed by atoms with E-state index >= 15 is 0 Å². The van der Waals surface area contributed by atoms with E-state index in [2.05, 4.69) is 39.6 Å². The minimum atomic E-state index is 0.562. The van der Waals surface area contributed by atoms with Crippen molar-refractivity contribution in [3.63, 3.8) is 0 Å². The molecule has 2 aliphatic heterocycles. The SMILES string of the molecule is C=CCn1cc(C)nc1NC1CC2CCCC(C1)N2C. The Kier molecular flexibility index (Phi) is 3.83. The fraction of sp³-hybridized carbons (Fsp3) is 0.688. The molecule has 0 saturated carbocycles. The molecular weight excluding hydrogens is 248 g/mol. The molecule has 0 radical (unpaired) electrons. The largest absolute Gasteiger partial charge is 0.353 e. The zero-order chi connectivity index (χ0) is 14.1. The fourth-order valence-corrected chi connectivity index (χ4v) is 3.86.